The first kappa shape index (κ1) is 11.3. The van der Waals surface area contributed by atoms with E-state index in [4.69, 9.17) is 4.74 Å². The van der Waals surface area contributed by atoms with Crippen molar-refractivity contribution in [3.63, 3.8) is 0 Å². The Morgan fingerprint density at radius 1 is 1.57 bits per heavy atom. The molecule has 1 saturated carbocycles. The van der Waals surface area contributed by atoms with Crippen molar-refractivity contribution in [3.8, 4) is 0 Å². The molecule has 1 fully saturated rings. The SMILES string of the molecule is CCOC(=O)[C@@H]1CCCC[C@@H]1N=C=S. The summed E-state index contributed by atoms with van der Waals surface area (Å²) in [5.74, 6) is -0.231. The summed E-state index contributed by atoms with van der Waals surface area (Å²) in [5.41, 5.74) is 0. The monoisotopic (exact) mass is 213 g/mol. The summed E-state index contributed by atoms with van der Waals surface area (Å²) < 4.78 is 5.00. The van der Waals surface area contributed by atoms with Crippen LogP contribution in [0.2, 0.25) is 0 Å². The van der Waals surface area contributed by atoms with Crippen LogP contribution in [0.25, 0.3) is 0 Å². The Kier molecular flexibility index (Phi) is 4.77. The highest BCUT2D eigenvalue weighted by Gasteiger charge is 2.31. The fraction of sp³-hybridized carbons (Fsp3) is 0.800. The largest absolute Gasteiger partial charge is 0.466 e. The minimum atomic E-state index is -0.133. The highest BCUT2D eigenvalue weighted by Crippen LogP contribution is 2.27. The number of carbonyl (C=O) groups excluding carboxylic acids is 1. The normalized spacial score (nSPS) is 26.4. The molecule has 1 aliphatic carbocycles. The molecule has 0 aromatic heterocycles. The van der Waals surface area contributed by atoms with Crippen molar-refractivity contribution < 1.29 is 9.53 Å². The number of nitrogens with zero attached hydrogens (tertiary/aromatic N) is 1. The van der Waals surface area contributed by atoms with Crippen LogP contribution in [0.4, 0.5) is 0 Å². The Hall–Kier alpha value is -0.730. The van der Waals surface area contributed by atoms with Gasteiger partial charge in [0, 0.05) is 0 Å². The molecule has 0 spiro atoms. The topological polar surface area (TPSA) is 38.7 Å². The van der Waals surface area contributed by atoms with Crippen LogP contribution in [-0.4, -0.2) is 23.8 Å². The molecule has 0 aromatic rings. The number of carbonyl (C=O) groups is 1. The predicted molar refractivity (Wildman–Crippen MR) is 57.4 cm³/mol. The quantitative estimate of drug-likeness (QED) is 0.410. The smallest absolute Gasteiger partial charge is 0.311 e. The van der Waals surface area contributed by atoms with Gasteiger partial charge in [0.2, 0.25) is 0 Å². The molecular weight excluding hydrogens is 198 g/mol. The first-order valence-corrected chi connectivity index (χ1v) is 5.44. The van der Waals surface area contributed by atoms with Crippen molar-refractivity contribution in [2.24, 2.45) is 10.9 Å². The second-order valence-electron chi connectivity index (χ2n) is 3.43. The van der Waals surface area contributed by atoms with Gasteiger partial charge in [-0.1, -0.05) is 12.8 Å². The number of hydrogen-bond acceptors (Lipinski definition) is 4. The van der Waals surface area contributed by atoms with Crippen molar-refractivity contribution in [2.45, 2.75) is 38.6 Å². The number of hydrogen-bond donors (Lipinski definition) is 0. The summed E-state index contributed by atoms with van der Waals surface area (Å²) in [6.07, 6.45) is 3.98. The van der Waals surface area contributed by atoms with Crippen molar-refractivity contribution in [1.29, 1.82) is 0 Å². The van der Waals surface area contributed by atoms with Gasteiger partial charge in [0.1, 0.15) is 0 Å². The van der Waals surface area contributed by atoms with Gasteiger partial charge in [0.15, 0.2) is 0 Å². The number of rotatable bonds is 3. The third-order valence-electron chi connectivity index (χ3n) is 2.54. The van der Waals surface area contributed by atoms with Gasteiger partial charge in [0.25, 0.3) is 0 Å². The van der Waals surface area contributed by atoms with Crippen LogP contribution >= 0.6 is 12.2 Å². The van der Waals surface area contributed by atoms with Gasteiger partial charge in [-0.05, 0) is 32.0 Å². The lowest BCUT2D eigenvalue weighted by molar-refractivity contribution is -0.149. The minimum Gasteiger partial charge on any atom is -0.466 e. The molecule has 0 amide bonds. The van der Waals surface area contributed by atoms with Crippen molar-refractivity contribution in [2.75, 3.05) is 6.61 Å². The number of isothiocyanates is 1. The van der Waals surface area contributed by atoms with Gasteiger partial charge < -0.3 is 4.74 Å². The average molecular weight is 213 g/mol. The first-order chi connectivity index (χ1) is 6.79. The molecule has 0 heterocycles. The Balaban J connectivity index is 2.61. The molecule has 3 nitrogen and oxygen atoms in total. The lowest BCUT2D eigenvalue weighted by Crippen LogP contribution is -2.31. The minimum absolute atomic E-state index is 0.000278. The number of ether oxygens (including phenoxy) is 1. The van der Waals surface area contributed by atoms with Crippen molar-refractivity contribution in [1.82, 2.24) is 0 Å². The maximum absolute atomic E-state index is 11.5. The van der Waals surface area contributed by atoms with E-state index in [9.17, 15) is 4.79 Å². The predicted octanol–water partition coefficient (Wildman–Crippen LogP) is 2.21. The van der Waals surface area contributed by atoms with Crippen LogP contribution in [0.1, 0.15) is 32.6 Å². The van der Waals surface area contributed by atoms with E-state index in [2.05, 4.69) is 22.4 Å². The maximum atomic E-state index is 11.5. The fourth-order valence-electron chi connectivity index (χ4n) is 1.86. The molecule has 1 rings (SSSR count). The van der Waals surface area contributed by atoms with Gasteiger partial charge in [0.05, 0.1) is 23.7 Å². The fourth-order valence-corrected chi connectivity index (χ4v) is 1.99. The van der Waals surface area contributed by atoms with E-state index in [1.54, 1.807) is 0 Å². The molecule has 0 bridgehead atoms. The Labute approximate surface area is 89.5 Å². The number of aliphatic imine (C=N–C) groups is 1. The van der Waals surface area contributed by atoms with Gasteiger partial charge in [-0.2, -0.15) is 0 Å². The summed E-state index contributed by atoms with van der Waals surface area (Å²) in [5, 5.41) is 2.36. The average Bonchev–Trinajstić information content (AvgIpc) is 2.19. The molecule has 78 valence electrons. The van der Waals surface area contributed by atoms with E-state index in [1.165, 1.54) is 0 Å². The van der Waals surface area contributed by atoms with Crippen LogP contribution in [0.15, 0.2) is 4.99 Å². The van der Waals surface area contributed by atoms with Gasteiger partial charge in [-0.15, -0.1) is 0 Å². The molecule has 0 radical (unpaired) electrons. The molecule has 0 saturated heterocycles. The third kappa shape index (κ3) is 2.89. The van der Waals surface area contributed by atoms with E-state index in [0.717, 1.165) is 25.7 Å². The zero-order valence-corrected chi connectivity index (χ0v) is 9.18. The van der Waals surface area contributed by atoms with E-state index < -0.39 is 0 Å². The van der Waals surface area contributed by atoms with E-state index in [-0.39, 0.29) is 17.9 Å². The third-order valence-corrected chi connectivity index (χ3v) is 2.64. The zero-order valence-electron chi connectivity index (χ0n) is 8.36. The second-order valence-corrected chi connectivity index (χ2v) is 3.61. The molecule has 0 aromatic carbocycles. The first-order valence-electron chi connectivity index (χ1n) is 5.03. The van der Waals surface area contributed by atoms with Crippen LogP contribution < -0.4 is 0 Å². The molecule has 2 atom stereocenters. The van der Waals surface area contributed by atoms with Crippen LogP contribution in [0.3, 0.4) is 0 Å². The van der Waals surface area contributed by atoms with Crippen LogP contribution in [0, 0.1) is 5.92 Å². The van der Waals surface area contributed by atoms with Crippen LogP contribution in [0.5, 0.6) is 0 Å². The lowest BCUT2D eigenvalue weighted by atomic mass is 9.85. The molecule has 4 heteroatoms. The van der Waals surface area contributed by atoms with Gasteiger partial charge in [-0.25, -0.2) is 4.99 Å². The summed E-state index contributed by atoms with van der Waals surface area (Å²) in [6.45, 7) is 2.25. The summed E-state index contributed by atoms with van der Waals surface area (Å²) in [7, 11) is 0. The molecule has 14 heavy (non-hydrogen) atoms. The highest BCUT2D eigenvalue weighted by molar-refractivity contribution is 7.78. The molecule has 1 aliphatic rings. The zero-order chi connectivity index (χ0) is 10.4. The standard InChI is InChI=1S/C10H15NO2S/c1-2-13-10(12)8-5-3-4-6-9(8)11-7-14/h8-9H,2-6H2,1H3/t8-,9+/m1/s1. The Morgan fingerprint density at radius 3 is 2.93 bits per heavy atom. The molecular formula is C10H15NO2S. The Morgan fingerprint density at radius 2 is 2.29 bits per heavy atom. The van der Waals surface area contributed by atoms with Gasteiger partial charge in [-0.3, -0.25) is 4.79 Å². The van der Waals surface area contributed by atoms with Gasteiger partial charge >= 0.3 is 5.97 Å². The van der Waals surface area contributed by atoms with Crippen LogP contribution in [-0.2, 0) is 9.53 Å². The highest BCUT2D eigenvalue weighted by atomic mass is 32.1. The van der Waals surface area contributed by atoms with E-state index in [0.29, 0.717) is 6.61 Å². The maximum Gasteiger partial charge on any atom is 0.311 e. The summed E-state index contributed by atoms with van der Waals surface area (Å²) >= 11 is 4.57. The number of esters is 1. The Bertz CT molecular complexity index is 249. The second kappa shape index (κ2) is 5.89. The summed E-state index contributed by atoms with van der Waals surface area (Å²) in [4.78, 5) is 15.6. The van der Waals surface area contributed by atoms with E-state index >= 15 is 0 Å². The number of thiocarbonyl (C=S) groups is 1. The van der Waals surface area contributed by atoms with Crippen molar-refractivity contribution >= 4 is 23.3 Å². The molecule has 0 unspecified atom stereocenters. The lowest BCUT2D eigenvalue weighted by Gasteiger charge is -2.25. The van der Waals surface area contributed by atoms with Crippen molar-refractivity contribution in [3.05, 3.63) is 0 Å². The molecule has 0 N–H and O–H groups in total. The summed E-state index contributed by atoms with van der Waals surface area (Å²) in [6, 6.07) is 0.000278. The molecule has 0 aliphatic heterocycles. The van der Waals surface area contributed by atoms with E-state index in [1.807, 2.05) is 6.92 Å².